The molecule has 1 aromatic rings. The maximum Gasteiger partial charge on any atom is 0.350 e. The largest absolute Gasteiger partial charge is 0.478 e. The van der Waals surface area contributed by atoms with E-state index in [1.807, 2.05) is 13.8 Å². The van der Waals surface area contributed by atoms with E-state index >= 15 is 0 Å². The van der Waals surface area contributed by atoms with E-state index in [0.29, 0.717) is 5.82 Å². The molecule has 6 nitrogen and oxygen atoms in total. The SMILES string of the molecule is CC(C)c1n[nH][n+](CC(=O)O)n1. The molecule has 1 aromatic heterocycles. The average Bonchev–Trinajstić information content (AvgIpc) is 2.34. The lowest BCUT2D eigenvalue weighted by Crippen LogP contribution is -2.42. The van der Waals surface area contributed by atoms with E-state index in [1.165, 1.54) is 4.80 Å². The Hall–Kier alpha value is -1.46. The lowest BCUT2D eigenvalue weighted by molar-refractivity contribution is -0.795. The van der Waals surface area contributed by atoms with E-state index < -0.39 is 5.97 Å². The smallest absolute Gasteiger partial charge is 0.350 e. The number of hydrogen-bond acceptors (Lipinski definition) is 3. The Bertz CT molecular complexity index is 281. The summed E-state index contributed by atoms with van der Waals surface area (Å²) >= 11 is 0. The summed E-state index contributed by atoms with van der Waals surface area (Å²) in [4.78, 5) is 11.4. The van der Waals surface area contributed by atoms with Gasteiger partial charge in [0.15, 0.2) is 0 Å². The lowest BCUT2D eigenvalue weighted by atomic mass is 10.2. The van der Waals surface area contributed by atoms with Crippen LogP contribution < -0.4 is 4.80 Å². The molecule has 66 valence electrons. The molecular weight excluding hydrogens is 160 g/mol. The third kappa shape index (κ3) is 2.01. The molecule has 0 radical (unpaired) electrons. The zero-order valence-corrected chi connectivity index (χ0v) is 6.98. The number of nitrogens with one attached hydrogen (secondary N) is 1. The number of carboxylic acids is 1. The molecule has 0 aliphatic rings. The highest BCUT2D eigenvalue weighted by Gasteiger charge is 2.16. The van der Waals surface area contributed by atoms with Gasteiger partial charge in [-0.1, -0.05) is 18.6 Å². The second-order valence-corrected chi connectivity index (χ2v) is 2.78. The minimum absolute atomic E-state index is 0.181. The number of H-pyrrole nitrogens is 1. The van der Waals surface area contributed by atoms with Crippen molar-refractivity contribution in [3.63, 3.8) is 0 Å². The molecule has 0 aromatic carbocycles. The van der Waals surface area contributed by atoms with Crippen LogP contribution in [0.3, 0.4) is 0 Å². The lowest BCUT2D eigenvalue weighted by Gasteiger charge is -1.86. The van der Waals surface area contributed by atoms with Crippen molar-refractivity contribution in [1.29, 1.82) is 0 Å². The monoisotopic (exact) mass is 171 g/mol. The molecule has 0 aliphatic carbocycles. The van der Waals surface area contributed by atoms with Crippen LogP contribution in [0.5, 0.6) is 0 Å². The van der Waals surface area contributed by atoms with E-state index in [2.05, 4.69) is 15.4 Å². The van der Waals surface area contributed by atoms with Gasteiger partial charge in [-0.15, -0.1) is 0 Å². The van der Waals surface area contributed by atoms with Crippen LogP contribution in [0.25, 0.3) is 0 Å². The maximum absolute atomic E-state index is 10.2. The summed E-state index contributed by atoms with van der Waals surface area (Å²) in [5.41, 5.74) is 0. The summed E-state index contributed by atoms with van der Waals surface area (Å²) < 4.78 is 0. The average molecular weight is 171 g/mol. The molecule has 0 saturated carbocycles. The minimum Gasteiger partial charge on any atom is -0.478 e. The predicted octanol–water partition coefficient (Wildman–Crippen LogP) is -0.700. The molecule has 0 unspecified atom stereocenters. The standard InChI is InChI=1S/C6H10N4O2/c1-4(2)6-7-9-10(8-6)3-5(11)12/h4H,3H2,1-2H3,(H,11,12)/p+1. The van der Waals surface area contributed by atoms with Crippen molar-refractivity contribution >= 4 is 5.97 Å². The number of aliphatic carboxylic acids is 1. The topological polar surface area (TPSA) is 82.8 Å². The van der Waals surface area contributed by atoms with Crippen molar-refractivity contribution in [3.8, 4) is 0 Å². The molecule has 6 heteroatoms. The minimum atomic E-state index is -0.938. The highest BCUT2D eigenvalue weighted by Crippen LogP contribution is 2.03. The molecule has 0 atom stereocenters. The summed E-state index contributed by atoms with van der Waals surface area (Å²) in [7, 11) is 0. The van der Waals surface area contributed by atoms with Gasteiger partial charge in [-0.3, -0.25) is 0 Å². The van der Waals surface area contributed by atoms with E-state index in [-0.39, 0.29) is 12.5 Å². The zero-order valence-electron chi connectivity index (χ0n) is 6.98. The molecule has 0 bridgehead atoms. The van der Waals surface area contributed by atoms with Gasteiger partial charge in [-0.05, 0) is 10.3 Å². The van der Waals surface area contributed by atoms with Crippen molar-refractivity contribution in [3.05, 3.63) is 5.82 Å². The van der Waals surface area contributed by atoms with Crippen molar-refractivity contribution in [2.75, 3.05) is 0 Å². The number of aromatic amines is 1. The van der Waals surface area contributed by atoms with Gasteiger partial charge in [0.05, 0.1) is 5.10 Å². The van der Waals surface area contributed by atoms with Crippen LogP contribution >= 0.6 is 0 Å². The number of nitrogens with zero attached hydrogens (tertiary/aromatic N) is 3. The van der Waals surface area contributed by atoms with Crippen LogP contribution in [0, 0.1) is 0 Å². The third-order valence-corrected chi connectivity index (χ3v) is 1.30. The highest BCUT2D eigenvalue weighted by molar-refractivity contribution is 5.64. The summed E-state index contributed by atoms with van der Waals surface area (Å²) in [6, 6.07) is 0. The summed E-state index contributed by atoms with van der Waals surface area (Å²) in [5, 5.41) is 18.7. The van der Waals surface area contributed by atoms with Gasteiger partial charge in [-0.2, -0.15) is 0 Å². The van der Waals surface area contributed by atoms with Crippen LogP contribution in [0.4, 0.5) is 0 Å². The van der Waals surface area contributed by atoms with E-state index in [1.54, 1.807) is 0 Å². The first-order valence-corrected chi connectivity index (χ1v) is 3.64. The number of carbonyl (C=O) groups is 1. The first-order chi connectivity index (χ1) is 5.59. The number of hydrogen-bond donors (Lipinski definition) is 2. The van der Waals surface area contributed by atoms with Gasteiger partial charge in [-0.25, -0.2) is 4.79 Å². The number of aromatic nitrogens is 4. The van der Waals surface area contributed by atoms with Crippen molar-refractivity contribution in [2.24, 2.45) is 0 Å². The van der Waals surface area contributed by atoms with E-state index in [9.17, 15) is 4.79 Å². The summed E-state index contributed by atoms with van der Waals surface area (Å²) in [5.74, 6) is -0.112. The molecule has 0 saturated heterocycles. The van der Waals surface area contributed by atoms with Crippen LogP contribution in [0.1, 0.15) is 25.6 Å². The normalized spacial score (nSPS) is 10.6. The van der Waals surface area contributed by atoms with Crippen LogP contribution in [-0.2, 0) is 11.3 Å². The van der Waals surface area contributed by atoms with Gasteiger partial charge in [0.25, 0.3) is 0 Å². The Morgan fingerprint density at radius 1 is 1.75 bits per heavy atom. The predicted molar refractivity (Wildman–Crippen MR) is 38.3 cm³/mol. The molecule has 12 heavy (non-hydrogen) atoms. The molecule has 0 spiro atoms. The Balaban J connectivity index is 2.70. The first-order valence-electron chi connectivity index (χ1n) is 3.64. The Labute approximate surface area is 69.2 Å². The van der Waals surface area contributed by atoms with Gasteiger partial charge >= 0.3 is 11.8 Å². The van der Waals surface area contributed by atoms with Gasteiger partial charge in [0, 0.05) is 5.92 Å². The van der Waals surface area contributed by atoms with E-state index in [4.69, 9.17) is 5.11 Å². The fraction of sp³-hybridized carbons (Fsp3) is 0.667. The molecule has 2 N–H and O–H groups in total. The molecule has 0 amide bonds. The second-order valence-electron chi connectivity index (χ2n) is 2.78. The molecular formula is C6H11N4O2+. The first kappa shape index (κ1) is 8.63. The van der Waals surface area contributed by atoms with Crippen LogP contribution in [0.15, 0.2) is 0 Å². The Morgan fingerprint density at radius 2 is 2.42 bits per heavy atom. The Morgan fingerprint density at radius 3 is 2.83 bits per heavy atom. The van der Waals surface area contributed by atoms with Gasteiger partial charge in [0.1, 0.15) is 0 Å². The van der Waals surface area contributed by atoms with Crippen molar-refractivity contribution in [1.82, 2.24) is 15.4 Å². The fourth-order valence-corrected chi connectivity index (χ4v) is 0.721. The van der Waals surface area contributed by atoms with Crippen LogP contribution in [-0.4, -0.2) is 26.5 Å². The second kappa shape index (κ2) is 3.29. The highest BCUT2D eigenvalue weighted by atomic mass is 16.4. The summed E-state index contributed by atoms with van der Waals surface area (Å²) in [6.45, 7) is 3.70. The maximum atomic E-state index is 10.2. The summed E-state index contributed by atoms with van der Waals surface area (Å²) in [6.07, 6.45) is 0. The molecule has 0 fully saturated rings. The quantitative estimate of drug-likeness (QED) is 0.589. The molecule has 1 rings (SSSR count). The zero-order chi connectivity index (χ0) is 9.14. The van der Waals surface area contributed by atoms with Gasteiger partial charge < -0.3 is 5.11 Å². The van der Waals surface area contributed by atoms with Crippen molar-refractivity contribution < 1.29 is 14.7 Å². The molecule has 0 aliphatic heterocycles. The number of carboxylic acid groups (broad SMARTS) is 1. The van der Waals surface area contributed by atoms with Gasteiger partial charge in [0.2, 0.25) is 6.54 Å². The van der Waals surface area contributed by atoms with Crippen LogP contribution in [0.2, 0.25) is 0 Å². The number of rotatable bonds is 3. The van der Waals surface area contributed by atoms with E-state index in [0.717, 1.165) is 0 Å². The fourth-order valence-electron chi connectivity index (χ4n) is 0.721. The van der Waals surface area contributed by atoms with Crippen molar-refractivity contribution in [2.45, 2.75) is 26.3 Å². The Kier molecular flexibility index (Phi) is 2.37. The molecule has 1 heterocycles. The number of tetrazole rings is 1. The third-order valence-electron chi connectivity index (χ3n) is 1.30.